The Morgan fingerprint density at radius 3 is 2.53 bits per heavy atom. The molecule has 1 amide bonds. The van der Waals surface area contributed by atoms with Gasteiger partial charge in [-0.25, -0.2) is 4.79 Å². The number of carbonyl (C=O) groups is 2. The maximum atomic E-state index is 12.6. The van der Waals surface area contributed by atoms with Gasteiger partial charge in [0.05, 0.1) is 5.39 Å². The molecule has 30 heavy (non-hydrogen) atoms. The van der Waals surface area contributed by atoms with Crippen LogP contribution in [0, 0.1) is 5.92 Å². The summed E-state index contributed by atoms with van der Waals surface area (Å²) in [5.41, 5.74) is 0.412. The predicted octanol–water partition coefficient (Wildman–Crippen LogP) is 2.79. The molecule has 9 heteroatoms. The summed E-state index contributed by atoms with van der Waals surface area (Å²) in [6, 6.07) is 12.2. The van der Waals surface area contributed by atoms with E-state index in [1.54, 1.807) is 48.5 Å². The lowest BCUT2D eigenvalue weighted by molar-refractivity contribution is -0.150. The molecule has 0 aliphatic carbocycles. The van der Waals surface area contributed by atoms with Crippen molar-refractivity contribution >= 4 is 34.4 Å². The van der Waals surface area contributed by atoms with Crippen molar-refractivity contribution < 1.29 is 14.3 Å². The molecule has 0 unspecified atom stereocenters. The molecule has 0 aliphatic rings. The van der Waals surface area contributed by atoms with Crippen molar-refractivity contribution in [1.29, 1.82) is 0 Å². The average molecular weight is 429 g/mol. The highest BCUT2D eigenvalue weighted by atomic mass is 35.5. The van der Waals surface area contributed by atoms with Crippen molar-refractivity contribution in [2.75, 3.05) is 0 Å². The molecule has 0 saturated carbocycles. The first-order chi connectivity index (χ1) is 14.3. The molecule has 0 saturated heterocycles. The van der Waals surface area contributed by atoms with Crippen LogP contribution < -0.4 is 10.9 Å². The molecule has 1 atom stereocenters. The van der Waals surface area contributed by atoms with E-state index in [0.29, 0.717) is 27.9 Å². The lowest BCUT2D eigenvalue weighted by Crippen LogP contribution is -2.43. The van der Waals surface area contributed by atoms with Gasteiger partial charge in [0.1, 0.15) is 11.6 Å². The molecular weight excluding hydrogens is 408 g/mol. The van der Waals surface area contributed by atoms with Crippen molar-refractivity contribution in [3.05, 3.63) is 69.5 Å². The van der Waals surface area contributed by atoms with Crippen LogP contribution in [0.2, 0.25) is 5.02 Å². The minimum atomic E-state index is -0.878. The van der Waals surface area contributed by atoms with Gasteiger partial charge >= 0.3 is 5.97 Å². The molecule has 156 valence electrons. The third kappa shape index (κ3) is 5.21. The second-order valence-corrected chi connectivity index (χ2v) is 7.60. The highest BCUT2D eigenvalue weighted by Gasteiger charge is 2.24. The van der Waals surface area contributed by atoms with Gasteiger partial charge in [-0.1, -0.05) is 42.8 Å². The molecule has 0 bridgehead atoms. The number of benzene rings is 2. The average Bonchev–Trinajstić information content (AvgIpc) is 2.73. The molecule has 2 aromatic carbocycles. The number of rotatable bonds is 7. The van der Waals surface area contributed by atoms with Crippen molar-refractivity contribution in [1.82, 2.24) is 20.3 Å². The van der Waals surface area contributed by atoms with Crippen molar-refractivity contribution in [3.63, 3.8) is 0 Å². The molecule has 1 N–H and O–H groups in total. The van der Waals surface area contributed by atoms with Crippen LogP contribution in [0.1, 0.15) is 30.6 Å². The van der Waals surface area contributed by atoms with Gasteiger partial charge in [0, 0.05) is 10.6 Å². The molecule has 0 radical (unpaired) electrons. The molecule has 8 nitrogen and oxygen atoms in total. The Labute approximate surface area is 177 Å². The van der Waals surface area contributed by atoms with Gasteiger partial charge in [-0.2, -0.15) is 4.68 Å². The van der Waals surface area contributed by atoms with E-state index >= 15 is 0 Å². The number of aromatic nitrogens is 3. The van der Waals surface area contributed by atoms with E-state index in [0.717, 1.165) is 4.68 Å². The van der Waals surface area contributed by atoms with Gasteiger partial charge in [0.15, 0.2) is 6.73 Å². The Kier molecular flexibility index (Phi) is 6.79. The lowest BCUT2D eigenvalue weighted by atomic mass is 10.0. The Morgan fingerprint density at radius 1 is 1.13 bits per heavy atom. The van der Waals surface area contributed by atoms with Crippen LogP contribution in [0.4, 0.5) is 0 Å². The second-order valence-electron chi connectivity index (χ2n) is 7.17. The molecular formula is C21H21ClN4O4. The summed E-state index contributed by atoms with van der Waals surface area (Å²) < 4.78 is 6.23. The van der Waals surface area contributed by atoms with Gasteiger partial charge in [0.25, 0.3) is 11.5 Å². The van der Waals surface area contributed by atoms with Crippen molar-refractivity contribution in [3.8, 4) is 0 Å². The zero-order valence-corrected chi connectivity index (χ0v) is 17.3. The van der Waals surface area contributed by atoms with E-state index in [-0.39, 0.29) is 5.92 Å². The van der Waals surface area contributed by atoms with E-state index in [1.165, 1.54) is 0 Å². The number of ether oxygens (including phenoxy) is 1. The smallest absolute Gasteiger partial charge is 0.330 e. The highest BCUT2D eigenvalue weighted by molar-refractivity contribution is 6.30. The Hall–Kier alpha value is -3.26. The Morgan fingerprint density at radius 2 is 1.83 bits per heavy atom. The van der Waals surface area contributed by atoms with E-state index in [2.05, 4.69) is 15.6 Å². The number of carbonyl (C=O) groups excluding carboxylic acids is 2. The van der Waals surface area contributed by atoms with Gasteiger partial charge in [-0.15, -0.1) is 5.10 Å². The quantitative estimate of drug-likeness (QED) is 0.580. The minimum Gasteiger partial charge on any atom is -0.441 e. The molecule has 1 aromatic heterocycles. The molecule has 0 spiro atoms. The van der Waals surface area contributed by atoms with Gasteiger partial charge < -0.3 is 10.1 Å². The minimum absolute atomic E-state index is 0.122. The zero-order valence-electron chi connectivity index (χ0n) is 16.5. The summed E-state index contributed by atoms with van der Waals surface area (Å²) in [7, 11) is 0. The number of nitrogens with one attached hydrogen (secondary N) is 1. The fourth-order valence-corrected chi connectivity index (χ4v) is 2.99. The van der Waals surface area contributed by atoms with Crippen molar-refractivity contribution in [2.45, 2.75) is 33.0 Å². The highest BCUT2D eigenvalue weighted by Crippen LogP contribution is 2.12. The molecule has 0 aliphatic heterocycles. The lowest BCUT2D eigenvalue weighted by Gasteiger charge is -2.19. The number of hydrogen-bond donors (Lipinski definition) is 1. The van der Waals surface area contributed by atoms with Crippen LogP contribution >= 0.6 is 11.6 Å². The number of amides is 1. The summed E-state index contributed by atoms with van der Waals surface area (Å²) in [5.74, 6) is -0.957. The summed E-state index contributed by atoms with van der Waals surface area (Å²) in [6.45, 7) is 3.45. The van der Waals surface area contributed by atoms with Crippen LogP contribution in [0.15, 0.2) is 53.3 Å². The van der Waals surface area contributed by atoms with E-state index < -0.39 is 30.2 Å². The maximum absolute atomic E-state index is 12.6. The largest absolute Gasteiger partial charge is 0.441 e. The monoisotopic (exact) mass is 428 g/mol. The van der Waals surface area contributed by atoms with Crippen LogP contribution in [0.5, 0.6) is 0 Å². The number of esters is 1. The fraction of sp³-hybridized carbons (Fsp3) is 0.286. The number of halogens is 1. The van der Waals surface area contributed by atoms with Gasteiger partial charge in [-0.05, 0) is 48.7 Å². The van der Waals surface area contributed by atoms with Gasteiger partial charge in [-0.3, -0.25) is 9.59 Å². The first-order valence-electron chi connectivity index (χ1n) is 9.40. The standard InChI is InChI=1S/C21H21ClN4O4/c1-13(2)11-18(23-19(27)14-7-9-15(22)10-8-14)21(29)30-12-26-20(28)16-5-3-4-6-17(16)24-25-26/h3-10,13,18H,11-12H2,1-2H3,(H,23,27)/t18-/m1/s1. The summed E-state index contributed by atoms with van der Waals surface area (Å²) in [4.78, 5) is 37.6. The molecule has 1 heterocycles. The van der Waals surface area contributed by atoms with Crippen LogP contribution in [-0.4, -0.2) is 32.9 Å². The normalized spacial score (nSPS) is 12.0. The van der Waals surface area contributed by atoms with E-state index in [9.17, 15) is 14.4 Å². The third-order valence-corrected chi connectivity index (χ3v) is 4.61. The summed E-state index contributed by atoms with van der Waals surface area (Å²) in [5, 5.41) is 11.3. The van der Waals surface area contributed by atoms with Gasteiger partial charge in [0.2, 0.25) is 0 Å². The topological polar surface area (TPSA) is 103 Å². The third-order valence-electron chi connectivity index (χ3n) is 4.36. The molecule has 0 fully saturated rings. The van der Waals surface area contributed by atoms with Crippen LogP contribution in [0.3, 0.4) is 0 Å². The predicted molar refractivity (Wildman–Crippen MR) is 112 cm³/mol. The second kappa shape index (κ2) is 9.49. The zero-order chi connectivity index (χ0) is 21.7. The Bertz CT molecular complexity index is 1110. The fourth-order valence-electron chi connectivity index (χ4n) is 2.86. The van der Waals surface area contributed by atoms with Crippen LogP contribution in [-0.2, 0) is 16.3 Å². The SMILES string of the molecule is CC(C)C[C@@H](NC(=O)c1ccc(Cl)cc1)C(=O)OCn1nnc2ccccc2c1=O. The summed E-state index contributed by atoms with van der Waals surface area (Å²) >= 11 is 5.85. The molecule has 3 rings (SSSR count). The first-order valence-corrected chi connectivity index (χ1v) is 9.78. The Balaban J connectivity index is 1.71. The number of nitrogens with zero attached hydrogens (tertiary/aromatic N) is 3. The van der Waals surface area contributed by atoms with E-state index in [4.69, 9.17) is 16.3 Å². The number of hydrogen-bond acceptors (Lipinski definition) is 6. The number of fused-ring (bicyclic) bond motifs is 1. The molecule has 3 aromatic rings. The van der Waals surface area contributed by atoms with Crippen LogP contribution in [0.25, 0.3) is 10.9 Å². The summed E-state index contributed by atoms with van der Waals surface area (Å²) in [6.07, 6.45) is 0.371. The van der Waals surface area contributed by atoms with Crippen molar-refractivity contribution in [2.24, 2.45) is 5.92 Å². The first kappa shape index (κ1) is 21.4. The van der Waals surface area contributed by atoms with E-state index in [1.807, 2.05) is 13.8 Å². The maximum Gasteiger partial charge on any atom is 0.330 e.